The molecule has 2 N–H and O–H groups in total. The Morgan fingerprint density at radius 2 is 1.97 bits per heavy atom. The third kappa shape index (κ3) is 9.02. The highest BCUT2D eigenvalue weighted by atomic mass is 16.5. The van der Waals surface area contributed by atoms with Crippen molar-refractivity contribution in [2.24, 2.45) is 4.99 Å². The molecule has 1 saturated heterocycles. The zero-order chi connectivity index (χ0) is 20.9. The summed E-state index contributed by atoms with van der Waals surface area (Å²) in [5.41, 5.74) is 1.06. The topological polar surface area (TPSA) is 67.4 Å². The van der Waals surface area contributed by atoms with E-state index in [1.165, 1.54) is 0 Å². The summed E-state index contributed by atoms with van der Waals surface area (Å²) in [6, 6.07) is 8.38. The molecular formula is C22H38N4O3. The van der Waals surface area contributed by atoms with Gasteiger partial charge in [0.2, 0.25) is 0 Å². The third-order valence-corrected chi connectivity index (χ3v) is 5.00. The minimum Gasteiger partial charge on any atom is -0.496 e. The largest absolute Gasteiger partial charge is 0.496 e. The van der Waals surface area contributed by atoms with Crippen molar-refractivity contribution >= 4 is 5.96 Å². The van der Waals surface area contributed by atoms with Crippen molar-refractivity contribution in [3.63, 3.8) is 0 Å². The number of nitrogens with zero attached hydrogens (tertiary/aromatic N) is 2. The van der Waals surface area contributed by atoms with Crippen molar-refractivity contribution in [3.05, 3.63) is 29.8 Å². The van der Waals surface area contributed by atoms with E-state index < -0.39 is 0 Å². The van der Waals surface area contributed by atoms with Crippen molar-refractivity contribution in [1.29, 1.82) is 0 Å². The second-order valence-corrected chi connectivity index (χ2v) is 7.54. The first kappa shape index (κ1) is 23.4. The lowest BCUT2D eigenvalue weighted by molar-refractivity contribution is 0.0532. The zero-order valence-corrected chi connectivity index (χ0v) is 18.4. The van der Waals surface area contributed by atoms with Crippen LogP contribution in [0.25, 0.3) is 0 Å². The number of benzene rings is 1. The lowest BCUT2D eigenvalue weighted by atomic mass is 10.1. The predicted molar refractivity (Wildman–Crippen MR) is 118 cm³/mol. The number of para-hydroxylation sites is 1. The summed E-state index contributed by atoms with van der Waals surface area (Å²) in [4.78, 5) is 6.81. The number of ether oxygens (including phenoxy) is 3. The fraction of sp³-hybridized carbons (Fsp3) is 0.682. The average molecular weight is 407 g/mol. The van der Waals surface area contributed by atoms with Gasteiger partial charge in [0.1, 0.15) is 5.75 Å². The SMILES string of the molecule is CN=C(NCCOCc1ccccc1OC)NC1CCN(CCOC(C)C)CC1. The van der Waals surface area contributed by atoms with Gasteiger partial charge in [0, 0.05) is 44.8 Å². The van der Waals surface area contributed by atoms with Crippen LogP contribution in [-0.2, 0) is 16.1 Å². The van der Waals surface area contributed by atoms with Crippen LogP contribution in [0.3, 0.4) is 0 Å². The summed E-state index contributed by atoms with van der Waals surface area (Å²) in [6.45, 7) is 10.0. The van der Waals surface area contributed by atoms with E-state index in [2.05, 4.69) is 34.4 Å². The molecule has 164 valence electrons. The number of methoxy groups -OCH3 is 1. The Morgan fingerprint density at radius 3 is 2.66 bits per heavy atom. The fourth-order valence-electron chi connectivity index (χ4n) is 3.35. The van der Waals surface area contributed by atoms with Crippen molar-refractivity contribution < 1.29 is 14.2 Å². The highest BCUT2D eigenvalue weighted by molar-refractivity contribution is 5.79. The van der Waals surface area contributed by atoms with Gasteiger partial charge in [0.25, 0.3) is 0 Å². The molecular weight excluding hydrogens is 368 g/mol. The fourth-order valence-corrected chi connectivity index (χ4v) is 3.35. The van der Waals surface area contributed by atoms with E-state index in [9.17, 15) is 0 Å². The van der Waals surface area contributed by atoms with Crippen molar-refractivity contribution in [3.8, 4) is 5.75 Å². The van der Waals surface area contributed by atoms with Gasteiger partial charge in [-0.3, -0.25) is 4.99 Å². The van der Waals surface area contributed by atoms with Crippen molar-refractivity contribution in [1.82, 2.24) is 15.5 Å². The van der Waals surface area contributed by atoms with E-state index in [0.29, 0.717) is 31.9 Å². The number of hydrogen-bond acceptors (Lipinski definition) is 5. The van der Waals surface area contributed by atoms with Gasteiger partial charge < -0.3 is 29.7 Å². The molecule has 0 atom stereocenters. The third-order valence-electron chi connectivity index (χ3n) is 5.00. The van der Waals surface area contributed by atoms with Gasteiger partial charge in [0.15, 0.2) is 5.96 Å². The smallest absolute Gasteiger partial charge is 0.191 e. The van der Waals surface area contributed by atoms with Crippen LogP contribution in [0.4, 0.5) is 0 Å². The van der Waals surface area contributed by atoms with E-state index in [4.69, 9.17) is 14.2 Å². The van der Waals surface area contributed by atoms with Crippen LogP contribution >= 0.6 is 0 Å². The molecule has 2 rings (SSSR count). The van der Waals surface area contributed by atoms with Crippen LogP contribution in [-0.4, -0.2) is 76.6 Å². The summed E-state index contributed by atoms with van der Waals surface area (Å²) >= 11 is 0. The second kappa shape index (κ2) is 13.4. The Hall–Kier alpha value is -1.83. The Kier molecular flexibility index (Phi) is 10.8. The lowest BCUT2D eigenvalue weighted by Gasteiger charge is -2.33. The first-order chi connectivity index (χ1) is 14.1. The van der Waals surface area contributed by atoms with Crippen LogP contribution in [0, 0.1) is 0 Å². The van der Waals surface area contributed by atoms with Gasteiger partial charge in [-0.25, -0.2) is 0 Å². The average Bonchev–Trinajstić information content (AvgIpc) is 2.73. The summed E-state index contributed by atoms with van der Waals surface area (Å²) in [5, 5.41) is 6.87. The van der Waals surface area contributed by atoms with Crippen LogP contribution in [0.1, 0.15) is 32.3 Å². The highest BCUT2D eigenvalue weighted by Gasteiger charge is 2.19. The number of rotatable bonds is 11. The number of hydrogen-bond donors (Lipinski definition) is 2. The summed E-state index contributed by atoms with van der Waals surface area (Å²) in [6.07, 6.45) is 2.54. The number of guanidine groups is 1. The van der Waals surface area contributed by atoms with E-state index in [-0.39, 0.29) is 0 Å². The predicted octanol–water partition coefficient (Wildman–Crippen LogP) is 2.27. The number of piperidine rings is 1. The lowest BCUT2D eigenvalue weighted by Crippen LogP contribution is -2.49. The molecule has 0 amide bonds. The molecule has 0 bridgehead atoms. The molecule has 1 heterocycles. The van der Waals surface area contributed by atoms with Crippen LogP contribution < -0.4 is 15.4 Å². The Balaban J connectivity index is 1.58. The molecule has 0 radical (unpaired) electrons. The molecule has 1 aliphatic heterocycles. The van der Waals surface area contributed by atoms with E-state index in [0.717, 1.165) is 56.4 Å². The quantitative estimate of drug-likeness (QED) is 0.334. The van der Waals surface area contributed by atoms with Gasteiger partial charge in [-0.05, 0) is 32.8 Å². The highest BCUT2D eigenvalue weighted by Crippen LogP contribution is 2.17. The van der Waals surface area contributed by atoms with Gasteiger partial charge >= 0.3 is 0 Å². The molecule has 0 aromatic heterocycles. The Morgan fingerprint density at radius 1 is 1.21 bits per heavy atom. The first-order valence-corrected chi connectivity index (χ1v) is 10.6. The molecule has 7 nitrogen and oxygen atoms in total. The zero-order valence-electron chi connectivity index (χ0n) is 18.4. The first-order valence-electron chi connectivity index (χ1n) is 10.6. The van der Waals surface area contributed by atoms with E-state index in [1.807, 2.05) is 31.3 Å². The van der Waals surface area contributed by atoms with E-state index in [1.54, 1.807) is 7.11 Å². The van der Waals surface area contributed by atoms with E-state index >= 15 is 0 Å². The van der Waals surface area contributed by atoms with Gasteiger partial charge in [-0.15, -0.1) is 0 Å². The van der Waals surface area contributed by atoms with Crippen LogP contribution in [0.2, 0.25) is 0 Å². The minimum atomic E-state index is 0.308. The summed E-state index contributed by atoms with van der Waals surface area (Å²) in [7, 11) is 3.49. The Bertz CT molecular complexity index is 601. The maximum absolute atomic E-state index is 5.77. The van der Waals surface area contributed by atoms with Gasteiger partial charge in [-0.2, -0.15) is 0 Å². The maximum atomic E-state index is 5.77. The molecule has 0 spiro atoms. The van der Waals surface area contributed by atoms with Crippen LogP contribution in [0.5, 0.6) is 5.75 Å². The monoisotopic (exact) mass is 406 g/mol. The van der Waals surface area contributed by atoms with Crippen LogP contribution in [0.15, 0.2) is 29.3 Å². The molecule has 1 aromatic carbocycles. The molecule has 29 heavy (non-hydrogen) atoms. The standard InChI is InChI=1S/C22H38N4O3/c1-18(2)29-16-14-26-12-9-20(10-13-26)25-22(23-3)24-11-15-28-17-19-7-5-6-8-21(19)27-4/h5-8,18,20H,9-17H2,1-4H3,(H2,23,24,25). The molecule has 0 aliphatic carbocycles. The molecule has 1 fully saturated rings. The van der Waals surface area contributed by atoms with Gasteiger partial charge in [0.05, 0.1) is 33.0 Å². The normalized spacial score (nSPS) is 16.2. The molecule has 1 aromatic rings. The van der Waals surface area contributed by atoms with Gasteiger partial charge in [-0.1, -0.05) is 18.2 Å². The number of aliphatic imine (C=N–C) groups is 1. The van der Waals surface area contributed by atoms with Crippen molar-refractivity contribution in [2.75, 3.05) is 53.6 Å². The molecule has 0 unspecified atom stereocenters. The summed E-state index contributed by atoms with van der Waals surface area (Å²) in [5.74, 6) is 1.70. The molecule has 1 aliphatic rings. The summed E-state index contributed by atoms with van der Waals surface area (Å²) < 4.78 is 16.8. The molecule has 7 heteroatoms. The molecule has 0 saturated carbocycles. The number of nitrogens with one attached hydrogen (secondary N) is 2. The van der Waals surface area contributed by atoms with Crippen molar-refractivity contribution in [2.45, 2.75) is 45.4 Å². The minimum absolute atomic E-state index is 0.308. The number of likely N-dealkylation sites (tertiary alicyclic amines) is 1. The second-order valence-electron chi connectivity index (χ2n) is 7.54. The maximum Gasteiger partial charge on any atom is 0.191 e. The Labute approximate surface area is 175 Å².